The fourth-order valence-corrected chi connectivity index (χ4v) is 0.749. The van der Waals surface area contributed by atoms with Crippen molar-refractivity contribution < 1.29 is 0 Å². The van der Waals surface area contributed by atoms with Crippen LogP contribution in [0.5, 0.6) is 0 Å². The predicted molar refractivity (Wildman–Crippen MR) is 37.4 cm³/mol. The topological polar surface area (TPSA) is 50.1 Å². The predicted octanol–water partition coefficient (Wildman–Crippen LogP) is -0.507. The van der Waals surface area contributed by atoms with E-state index in [2.05, 4.69) is 10.6 Å². The molecule has 0 radical (unpaired) electrons. The average Bonchev–Trinajstić information content (AvgIpc) is 1.89. The van der Waals surface area contributed by atoms with Gasteiger partial charge in [-0.25, -0.2) is 0 Å². The molecule has 0 aromatic heterocycles. The minimum atomic E-state index is 0.722. The first-order valence-electron chi connectivity index (χ1n) is 2.92. The van der Waals surface area contributed by atoms with E-state index in [1.165, 1.54) is 0 Å². The molecule has 1 heterocycles. The van der Waals surface area contributed by atoms with E-state index in [9.17, 15) is 0 Å². The first kappa shape index (κ1) is 6.01. The summed E-state index contributed by atoms with van der Waals surface area (Å²) in [6.07, 6.45) is 3.98. The van der Waals surface area contributed by atoms with Gasteiger partial charge in [0.05, 0.1) is 5.70 Å². The van der Waals surface area contributed by atoms with Gasteiger partial charge in [-0.05, 0) is 6.08 Å². The van der Waals surface area contributed by atoms with Gasteiger partial charge in [-0.1, -0.05) is 6.08 Å². The van der Waals surface area contributed by atoms with E-state index in [1.807, 2.05) is 19.2 Å². The van der Waals surface area contributed by atoms with Gasteiger partial charge in [0, 0.05) is 13.6 Å². The number of dihydropyridines is 1. The molecule has 4 N–H and O–H groups in total. The molecule has 1 aliphatic rings. The van der Waals surface area contributed by atoms with E-state index in [-0.39, 0.29) is 0 Å². The van der Waals surface area contributed by atoms with Crippen molar-refractivity contribution in [2.75, 3.05) is 13.6 Å². The molecule has 3 heteroatoms. The van der Waals surface area contributed by atoms with Crippen molar-refractivity contribution in [1.29, 1.82) is 0 Å². The van der Waals surface area contributed by atoms with E-state index in [0.717, 1.165) is 18.1 Å². The summed E-state index contributed by atoms with van der Waals surface area (Å²) in [7, 11) is 1.85. The Morgan fingerprint density at radius 1 is 1.78 bits per heavy atom. The maximum Gasteiger partial charge on any atom is 0.120 e. The molecule has 0 amide bonds. The number of nitrogens with one attached hydrogen (secondary N) is 2. The quantitative estimate of drug-likeness (QED) is 0.442. The zero-order chi connectivity index (χ0) is 6.69. The summed E-state index contributed by atoms with van der Waals surface area (Å²) < 4.78 is 0. The Labute approximate surface area is 54.6 Å². The van der Waals surface area contributed by atoms with E-state index in [4.69, 9.17) is 5.73 Å². The fraction of sp³-hybridized carbons (Fsp3) is 0.333. The fourth-order valence-electron chi connectivity index (χ4n) is 0.749. The van der Waals surface area contributed by atoms with Crippen LogP contribution in [0.25, 0.3) is 0 Å². The van der Waals surface area contributed by atoms with Gasteiger partial charge in [0.25, 0.3) is 0 Å². The van der Waals surface area contributed by atoms with Gasteiger partial charge in [0.1, 0.15) is 5.82 Å². The summed E-state index contributed by atoms with van der Waals surface area (Å²) in [5.41, 5.74) is 6.50. The summed E-state index contributed by atoms with van der Waals surface area (Å²) in [4.78, 5) is 0. The van der Waals surface area contributed by atoms with Crippen molar-refractivity contribution in [3.05, 3.63) is 23.7 Å². The van der Waals surface area contributed by atoms with Gasteiger partial charge in [0.2, 0.25) is 0 Å². The number of hydrogen-bond donors (Lipinski definition) is 3. The average molecular weight is 125 g/mol. The molecular weight excluding hydrogens is 114 g/mol. The molecule has 0 atom stereocenters. The lowest BCUT2D eigenvalue weighted by molar-refractivity contribution is 0.817. The van der Waals surface area contributed by atoms with Crippen molar-refractivity contribution in [1.82, 2.24) is 10.6 Å². The van der Waals surface area contributed by atoms with Crippen LogP contribution in [-0.2, 0) is 0 Å². The third kappa shape index (κ3) is 1.16. The van der Waals surface area contributed by atoms with Crippen molar-refractivity contribution in [3.8, 4) is 0 Å². The van der Waals surface area contributed by atoms with Gasteiger partial charge in [0.15, 0.2) is 0 Å². The molecule has 0 fully saturated rings. The smallest absolute Gasteiger partial charge is 0.120 e. The Balaban J connectivity index is 2.72. The van der Waals surface area contributed by atoms with Gasteiger partial charge in [-0.15, -0.1) is 0 Å². The maximum atomic E-state index is 5.54. The second-order valence-electron chi connectivity index (χ2n) is 1.86. The van der Waals surface area contributed by atoms with Crippen LogP contribution in [-0.4, -0.2) is 13.6 Å². The molecule has 0 saturated heterocycles. The Kier molecular flexibility index (Phi) is 1.63. The highest BCUT2D eigenvalue weighted by Gasteiger charge is 1.99. The van der Waals surface area contributed by atoms with Crippen molar-refractivity contribution >= 4 is 0 Å². The Morgan fingerprint density at radius 2 is 2.56 bits per heavy atom. The highest BCUT2D eigenvalue weighted by Crippen LogP contribution is 1.97. The molecule has 50 valence electrons. The van der Waals surface area contributed by atoms with Crippen LogP contribution in [0, 0.1) is 0 Å². The van der Waals surface area contributed by atoms with Crippen LogP contribution in [0.3, 0.4) is 0 Å². The molecule has 0 spiro atoms. The van der Waals surface area contributed by atoms with Crippen LogP contribution in [0.4, 0.5) is 0 Å². The zero-order valence-electron chi connectivity index (χ0n) is 5.44. The van der Waals surface area contributed by atoms with E-state index in [1.54, 1.807) is 0 Å². The summed E-state index contributed by atoms with van der Waals surface area (Å²) in [6.45, 7) is 0.830. The highest BCUT2D eigenvalue weighted by atomic mass is 15.0. The number of rotatable bonds is 1. The lowest BCUT2D eigenvalue weighted by atomic mass is 10.3. The van der Waals surface area contributed by atoms with Gasteiger partial charge < -0.3 is 16.4 Å². The van der Waals surface area contributed by atoms with Crippen LogP contribution < -0.4 is 16.4 Å². The summed E-state index contributed by atoms with van der Waals surface area (Å²) in [5, 5.41) is 5.95. The third-order valence-electron chi connectivity index (χ3n) is 1.25. The zero-order valence-corrected chi connectivity index (χ0v) is 5.44. The van der Waals surface area contributed by atoms with E-state index >= 15 is 0 Å². The molecule has 9 heavy (non-hydrogen) atoms. The molecule has 0 aliphatic carbocycles. The monoisotopic (exact) mass is 125 g/mol. The standard InChI is InChI=1S/C6H11N3/c1-8-5-3-2-4-9-6(5)7/h2-3,8-9H,4,7H2,1H3. The number of allylic oxidation sites excluding steroid dienone is 1. The molecule has 0 saturated carbocycles. The molecule has 3 nitrogen and oxygen atoms in total. The molecule has 0 bridgehead atoms. The Morgan fingerprint density at radius 3 is 3.00 bits per heavy atom. The third-order valence-corrected chi connectivity index (χ3v) is 1.25. The molecular formula is C6H11N3. The van der Waals surface area contributed by atoms with E-state index < -0.39 is 0 Å². The lowest BCUT2D eigenvalue weighted by Crippen LogP contribution is -2.28. The van der Waals surface area contributed by atoms with Crippen LogP contribution in [0.1, 0.15) is 0 Å². The van der Waals surface area contributed by atoms with Gasteiger partial charge in [-0.2, -0.15) is 0 Å². The first-order valence-corrected chi connectivity index (χ1v) is 2.92. The number of likely N-dealkylation sites (N-methyl/N-ethyl adjacent to an activating group) is 1. The summed E-state index contributed by atoms with van der Waals surface area (Å²) in [5.74, 6) is 0.722. The molecule has 1 aliphatic heterocycles. The van der Waals surface area contributed by atoms with Crippen LogP contribution in [0.2, 0.25) is 0 Å². The molecule has 0 unspecified atom stereocenters. The number of hydrogen-bond acceptors (Lipinski definition) is 3. The molecule has 0 aromatic rings. The summed E-state index contributed by atoms with van der Waals surface area (Å²) in [6, 6.07) is 0. The normalized spacial score (nSPS) is 17.4. The largest absolute Gasteiger partial charge is 0.385 e. The number of nitrogens with two attached hydrogens (primary N) is 1. The first-order chi connectivity index (χ1) is 4.34. The van der Waals surface area contributed by atoms with Crippen LogP contribution in [0.15, 0.2) is 23.7 Å². The minimum absolute atomic E-state index is 0.722. The maximum absolute atomic E-state index is 5.54. The van der Waals surface area contributed by atoms with Crippen molar-refractivity contribution in [2.45, 2.75) is 0 Å². The van der Waals surface area contributed by atoms with Crippen LogP contribution >= 0.6 is 0 Å². The second kappa shape index (κ2) is 2.44. The van der Waals surface area contributed by atoms with Gasteiger partial charge >= 0.3 is 0 Å². The van der Waals surface area contributed by atoms with Crippen molar-refractivity contribution in [3.63, 3.8) is 0 Å². The lowest BCUT2D eigenvalue weighted by Gasteiger charge is -2.12. The highest BCUT2D eigenvalue weighted by molar-refractivity contribution is 5.24. The minimum Gasteiger partial charge on any atom is -0.385 e. The SMILES string of the molecule is CNC1=C(N)NCC=C1. The van der Waals surface area contributed by atoms with Gasteiger partial charge in [-0.3, -0.25) is 0 Å². The summed E-state index contributed by atoms with van der Waals surface area (Å²) >= 11 is 0. The second-order valence-corrected chi connectivity index (χ2v) is 1.86. The Bertz CT molecular complexity index is 158. The van der Waals surface area contributed by atoms with E-state index in [0.29, 0.717) is 0 Å². The Hall–Kier alpha value is -1.12. The van der Waals surface area contributed by atoms with Crippen molar-refractivity contribution in [2.24, 2.45) is 5.73 Å². The molecule has 0 aromatic carbocycles. The molecule has 1 rings (SSSR count).